The lowest BCUT2D eigenvalue weighted by atomic mass is 10.2. The number of nitro benzene ring substituents is 1. The molecule has 0 fully saturated rings. The van der Waals surface area contributed by atoms with Crippen LogP contribution >= 0.6 is 0 Å². The van der Waals surface area contributed by atoms with Gasteiger partial charge in [-0.25, -0.2) is 0 Å². The molecule has 0 aliphatic rings. The number of aliphatic hydroxyl groups is 1. The van der Waals surface area contributed by atoms with Gasteiger partial charge < -0.3 is 20.3 Å². The van der Waals surface area contributed by atoms with Gasteiger partial charge in [0.2, 0.25) is 0 Å². The number of non-ortho nitro benzene ring substituents is 1. The fourth-order valence-corrected chi connectivity index (χ4v) is 2.38. The predicted molar refractivity (Wildman–Crippen MR) is 91.0 cm³/mol. The van der Waals surface area contributed by atoms with E-state index in [4.69, 9.17) is 5.11 Å². The van der Waals surface area contributed by atoms with E-state index >= 15 is 0 Å². The molecule has 3 N–H and O–H groups in total. The van der Waals surface area contributed by atoms with Crippen molar-refractivity contribution in [3.63, 3.8) is 0 Å². The average molecular weight is 334 g/mol. The number of benzene rings is 1. The van der Waals surface area contributed by atoms with Crippen LogP contribution in [0, 0.1) is 17.0 Å². The molecular weight excluding hydrogens is 312 g/mol. The first-order valence-corrected chi connectivity index (χ1v) is 7.82. The average Bonchev–Trinajstić information content (AvgIpc) is 2.92. The highest BCUT2D eigenvalue weighted by molar-refractivity contribution is 5.71. The van der Waals surface area contributed by atoms with Crippen LogP contribution in [0.15, 0.2) is 18.2 Å². The molecule has 130 valence electrons. The number of aromatic nitrogens is 3. The minimum Gasteiger partial charge on any atom is -0.395 e. The summed E-state index contributed by atoms with van der Waals surface area (Å²) < 4.78 is 2.02. The summed E-state index contributed by atoms with van der Waals surface area (Å²) in [5.41, 5.74) is 1.27. The number of nitrogens with zero attached hydrogens (tertiary/aromatic N) is 4. The second-order valence-corrected chi connectivity index (χ2v) is 5.31. The fourth-order valence-electron chi connectivity index (χ4n) is 2.38. The van der Waals surface area contributed by atoms with Crippen LogP contribution in [0.4, 0.5) is 17.1 Å². The summed E-state index contributed by atoms with van der Waals surface area (Å²) in [6, 6.07) is 4.51. The van der Waals surface area contributed by atoms with Gasteiger partial charge in [-0.2, -0.15) is 0 Å². The SMILES string of the molecule is CCCn1c(C)nnc1CNc1cc([N+](=O)[O-])ccc1NCCO. The minimum absolute atomic E-state index is 0.00162. The van der Waals surface area contributed by atoms with E-state index in [1.165, 1.54) is 12.1 Å². The van der Waals surface area contributed by atoms with Gasteiger partial charge >= 0.3 is 0 Å². The molecule has 1 aromatic heterocycles. The van der Waals surface area contributed by atoms with Crippen molar-refractivity contribution in [2.24, 2.45) is 0 Å². The monoisotopic (exact) mass is 334 g/mol. The number of hydrogen-bond donors (Lipinski definition) is 3. The van der Waals surface area contributed by atoms with E-state index in [0.717, 1.165) is 24.6 Å². The second-order valence-electron chi connectivity index (χ2n) is 5.31. The Balaban J connectivity index is 2.20. The fraction of sp³-hybridized carbons (Fsp3) is 0.467. The Labute approximate surface area is 139 Å². The van der Waals surface area contributed by atoms with Crippen LogP contribution in [0.25, 0.3) is 0 Å². The lowest BCUT2D eigenvalue weighted by Gasteiger charge is -2.14. The van der Waals surface area contributed by atoms with Crippen molar-refractivity contribution in [2.45, 2.75) is 33.4 Å². The van der Waals surface area contributed by atoms with E-state index in [1.54, 1.807) is 6.07 Å². The molecule has 1 aromatic carbocycles. The first-order valence-electron chi connectivity index (χ1n) is 7.82. The van der Waals surface area contributed by atoms with Crippen molar-refractivity contribution < 1.29 is 10.0 Å². The van der Waals surface area contributed by atoms with Crippen molar-refractivity contribution in [3.8, 4) is 0 Å². The molecule has 0 bridgehead atoms. The molecule has 9 nitrogen and oxygen atoms in total. The van der Waals surface area contributed by atoms with Gasteiger partial charge in [0.25, 0.3) is 5.69 Å². The zero-order valence-corrected chi connectivity index (χ0v) is 13.8. The molecule has 0 amide bonds. The molecule has 0 unspecified atom stereocenters. The maximum Gasteiger partial charge on any atom is 0.271 e. The maximum absolute atomic E-state index is 11.0. The van der Waals surface area contributed by atoms with Crippen LogP contribution in [0.1, 0.15) is 25.0 Å². The molecule has 9 heteroatoms. The molecule has 2 aromatic rings. The number of aliphatic hydroxyl groups excluding tert-OH is 1. The Hall–Kier alpha value is -2.68. The lowest BCUT2D eigenvalue weighted by Crippen LogP contribution is -2.12. The maximum atomic E-state index is 11.0. The first-order chi connectivity index (χ1) is 11.6. The van der Waals surface area contributed by atoms with Crippen molar-refractivity contribution in [3.05, 3.63) is 40.0 Å². The highest BCUT2D eigenvalue weighted by atomic mass is 16.6. The van der Waals surface area contributed by atoms with E-state index < -0.39 is 4.92 Å². The molecular formula is C15H22N6O3. The quantitative estimate of drug-likeness (QED) is 0.473. The van der Waals surface area contributed by atoms with Crippen LogP contribution in [-0.2, 0) is 13.1 Å². The Morgan fingerprint density at radius 2 is 2.08 bits per heavy atom. The second kappa shape index (κ2) is 8.25. The smallest absolute Gasteiger partial charge is 0.271 e. The standard InChI is InChI=1S/C15H22N6O3/c1-3-7-20-11(2)18-19-15(20)10-17-14-9-12(21(23)24)4-5-13(14)16-6-8-22/h4-5,9,16-17,22H,3,6-8,10H2,1-2H3. The zero-order chi connectivity index (χ0) is 17.5. The third-order valence-corrected chi connectivity index (χ3v) is 3.54. The van der Waals surface area contributed by atoms with Crippen molar-refractivity contribution in [2.75, 3.05) is 23.8 Å². The highest BCUT2D eigenvalue weighted by Gasteiger charge is 2.13. The number of hydrogen-bond acceptors (Lipinski definition) is 7. The summed E-state index contributed by atoms with van der Waals surface area (Å²) in [5, 5.41) is 34.4. The first kappa shape index (κ1) is 17.7. The van der Waals surface area contributed by atoms with Crippen molar-refractivity contribution >= 4 is 17.1 Å². The summed E-state index contributed by atoms with van der Waals surface area (Å²) >= 11 is 0. The van der Waals surface area contributed by atoms with Gasteiger partial charge in [0.1, 0.15) is 5.82 Å². The number of nitrogens with one attached hydrogen (secondary N) is 2. The molecule has 24 heavy (non-hydrogen) atoms. The van der Waals surface area contributed by atoms with Gasteiger partial charge in [-0.15, -0.1) is 10.2 Å². The molecule has 0 radical (unpaired) electrons. The highest BCUT2D eigenvalue weighted by Crippen LogP contribution is 2.27. The molecule has 0 saturated carbocycles. The molecule has 0 atom stereocenters. The minimum atomic E-state index is -0.440. The topological polar surface area (TPSA) is 118 Å². The zero-order valence-electron chi connectivity index (χ0n) is 13.8. The van der Waals surface area contributed by atoms with E-state index in [2.05, 4.69) is 27.8 Å². The third kappa shape index (κ3) is 4.19. The van der Waals surface area contributed by atoms with Crippen LogP contribution in [0.3, 0.4) is 0 Å². The van der Waals surface area contributed by atoms with Gasteiger partial charge in [0, 0.05) is 25.2 Å². The van der Waals surface area contributed by atoms with E-state index in [9.17, 15) is 10.1 Å². The summed E-state index contributed by atoms with van der Waals surface area (Å²) in [4.78, 5) is 10.5. The Morgan fingerprint density at radius 3 is 2.75 bits per heavy atom. The molecule has 0 aliphatic heterocycles. The number of nitro groups is 1. The van der Waals surface area contributed by atoms with Crippen LogP contribution < -0.4 is 10.6 Å². The summed E-state index contributed by atoms with van der Waals surface area (Å²) in [5.74, 6) is 1.61. The third-order valence-electron chi connectivity index (χ3n) is 3.54. The van der Waals surface area contributed by atoms with Gasteiger partial charge in [0.15, 0.2) is 5.82 Å². The summed E-state index contributed by atoms with van der Waals surface area (Å²) in [7, 11) is 0. The van der Waals surface area contributed by atoms with E-state index in [1.807, 2.05) is 11.5 Å². The van der Waals surface area contributed by atoms with Crippen LogP contribution in [-0.4, -0.2) is 37.9 Å². The number of aryl methyl sites for hydroxylation is 1. The van der Waals surface area contributed by atoms with Gasteiger partial charge in [-0.05, 0) is 19.4 Å². The normalized spacial score (nSPS) is 10.6. The van der Waals surface area contributed by atoms with Crippen LogP contribution in [0.5, 0.6) is 0 Å². The van der Waals surface area contributed by atoms with Gasteiger partial charge in [-0.3, -0.25) is 10.1 Å². The Morgan fingerprint density at radius 1 is 1.29 bits per heavy atom. The summed E-state index contributed by atoms with van der Waals surface area (Å²) in [6.07, 6.45) is 0.964. The molecule has 1 heterocycles. The Kier molecular flexibility index (Phi) is 6.07. The molecule has 0 aliphatic carbocycles. The van der Waals surface area contributed by atoms with E-state index in [0.29, 0.717) is 24.5 Å². The predicted octanol–water partition coefficient (Wildman–Crippen LogP) is 1.92. The lowest BCUT2D eigenvalue weighted by molar-refractivity contribution is -0.384. The molecule has 2 rings (SSSR count). The van der Waals surface area contributed by atoms with Crippen molar-refractivity contribution in [1.29, 1.82) is 0 Å². The summed E-state index contributed by atoms with van der Waals surface area (Å²) in [6.45, 7) is 5.52. The molecule has 0 saturated heterocycles. The van der Waals surface area contributed by atoms with E-state index in [-0.39, 0.29) is 12.3 Å². The number of rotatable bonds is 9. The largest absolute Gasteiger partial charge is 0.395 e. The Bertz CT molecular complexity index is 701. The van der Waals surface area contributed by atoms with Crippen LogP contribution in [0.2, 0.25) is 0 Å². The molecule has 0 spiro atoms. The van der Waals surface area contributed by atoms with Crippen molar-refractivity contribution in [1.82, 2.24) is 14.8 Å². The van der Waals surface area contributed by atoms with Gasteiger partial charge in [-0.1, -0.05) is 6.92 Å². The van der Waals surface area contributed by atoms with Gasteiger partial charge in [0.05, 0.1) is 29.4 Å². The number of anilines is 2.